The second kappa shape index (κ2) is 6.49. The predicted molar refractivity (Wildman–Crippen MR) is 48.1 cm³/mol. The van der Waals surface area contributed by atoms with Crippen LogP contribution in [0.5, 0.6) is 0 Å². The molecule has 0 amide bonds. The summed E-state index contributed by atoms with van der Waals surface area (Å²) in [4.78, 5) is 0. The van der Waals surface area contributed by atoms with E-state index in [0.717, 1.165) is 12.8 Å². The van der Waals surface area contributed by atoms with E-state index >= 15 is 0 Å². The van der Waals surface area contributed by atoms with E-state index in [9.17, 15) is 13.2 Å². The van der Waals surface area contributed by atoms with Gasteiger partial charge in [-0.05, 0) is 26.3 Å². The standard InChI is InChI=1S/C8H15ClF3N/c1-7(9)3-2-5-13-6-4-8(10,11)12/h7,13H,2-6H2,1H3. The summed E-state index contributed by atoms with van der Waals surface area (Å²) in [7, 11) is 0. The quantitative estimate of drug-likeness (QED) is 0.533. The van der Waals surface area contributed by atoms with Crippen LogP contribution in [0.25, 0.3) is 0 Å². The maximum Gasteiger partial charge on any atom is 0.390 e. The molecule has 0 heterocycles. The fourth-order valence-electron chi connectivity index (χ4n) is 0.863. The van der Waals surface area contributed by atoms with Crippen molar-refractivity contribution >= 4 is 11.6 Å². The Labute approximate surface area is 81.6 Å². The Hall–Kier alpha value is 0.0400. The van der Waals surface area contributed by atoms with Gasteiger partial charge in [-0.3, -0.25) is 0 Å². The highest BCUT2D eigenvalue weighted by molar-refractivity contribution is 6.20. The number of rotatable bonds is 6. The van der Waals surface area contributed by atoms with Gasteiger partial charge in [0.1, 0.15) is 0 Å². The van der Waals surface area contributed by atoms with E-state index in [-0.39, 0.29) is 11.9 Å². The van der Waals surface area contributed by atoms with E-state index in [1.807, 2.05) is 6.92 Å². The highest BCUT2D eigenvalue weighted by Gasteiger charge is 2.25. The molecule has 0 rings (SSSR count). The Morgan fingerprint density at radius 1 is 1.31 bits per heavy atom. The SMILES string of the molecule is CC(Cl)CCCNCCC(F)(F)F. The van der Waals surface area contributed by atoms with Crippen molar-refractivity contribution in [2.45, 2.75) is 37.7 Å². The fraction of sp³-hybridized carbons (Fsp3) is 1.00. The average molecular weight is 218 g/mol. The number of hydrogen-bond donors (Lipinski definition) is 1. The van der Waals surface area contributed by atoms with Gasteiger partial charge in [0.25, 0.3) is 0 Å². The summed E-state index contributed by atoms with van der Waals surface area (Å²) >= 11 is 5.66. The molecule has 0 aliphatic carbocycles. The number of nitrogens with one attached hydrogen (secondary N) is 1. The highest BCUT2D eigenvalue weighted by atomic mass is 35.5. The van der Waals surface area contributed by atoms with Gasteiger partial charge >= 0.3 is 6.18 Å². The molecule has 1 nitrogen and oxygen atoms in total. The van der Waals surface area contributed by atoms with Crippen LogP contribution in [0, 0.1) is 0 Å². The van der Waals surface area contributed by atoms with E-state index in [1.165, 1.54) is 0 Å². The summed E-state index contributed by atoms with van der Waals surface area (Å²) in [5.41, 5.74) is 0. The normalized spacial score (nSPS) is 14.5. The van der Waals surface area contributed by atoms with Crippen LogP contribution in [0.4, 0.5) is 13.2 Å². The Morgan fingerprint density at radius 2 is 1.92 bits per heavy atom. The molecular weight excluding hydrogens is 203 g/mol. The van der Waals surface area contributed by atoms with Crippen molar-refractivity contribution in [2.75, 3.05) is 13.1 Å². The first-order valence-electron chi connectivity index (χ1n) is 4.33. The summed E-state index contributed by atoms with van der Waals surface area (Å²) in [6.45, 7) is 2.48. The van der Waals surface area contributed by atoms with E-state index in [4.69, 9.17) is 11.6 Å². The first-order chi connectivity index (χ1) is 5.92. The molecule has 80 valence electrons. The summed E-state index contributed by atoms with van der Waals surface area (Å²) in [5.74, 6) is 0. The molecule has 0 saturated carbocycles. The fourth-order valence-corrected chi connectivity index (χ4v) is 1.02. The van der Waals surface area contributed by atoms with Gasteiger partial charge in [0.05, 0.1) is 6.42 Å². The molecule has 0 saturated heterocycles. The summed E-state index contributed by atoms with van der Waals surface area (Å²) in [6.07, 6.45) is -3.15. The Bertz CT molecular complexity index is 125. The molecule has 0 bridgehead atoms. The number of halogens is 4. The average Bonchev–Trinajstić information content (AvgIpc) is 1.93. The van der Waals surface area contributed by atoms with Crippen LogP contribution in [-0.4, -0.2) is 24.6 Å². The zero-order valence-electron chi connectivity index (χ0n) is 7.62. The Balaban J connectivity index is 3.09. The zero-order valence-corrected chi connectivity index (χ0v) is 8.38. The molecule has 0 aromatic heterocycles. The molecule has 0 radical (unpaired) electrons. The minimum absolute atomic E-state index is 0.000165. The third-order valence-electron chi connectivity index (χ3n) is 1.54. The topological polar surface area (TPSA) is 12.0 Å². The molecular formula is C8H15ClF3N. The molecule has 0 aliphatic heterocycles. The monoisotopic (exact) mass is 217 g/mol. The third-order valence-corrected chi connectivity index (χ3v) is 1.76. The van der Waals surface area contributed by atoms with Gasteiger partial charge in [-0.2, -0.15) is 13.2 Å². The lowest BCUT2D eigenvalue weighted by Crippen LogP contribution is -2.22. The van der Waals surface area contributed by atoms with E-state index in [2.05, 4.69) is 5.32 Å². The Kier molecular flexibility index (Phi) is 6.51. The van der Waals surface area contributed by atoms with Crippen LogP contribution >= 0.6 is 11.6 Å². The predicted octanol–water partition coefficient (Wildman–Crippen LogP) is 2.94. The molecule has 0 aliphatic rings. The van der Waals surface area contributed by atoms with Crippen molar-refractivity contribution in [1.82, 2.24) is 5.32 Å². The van der Waals surface area contributed by atoms with Gasteiger partial charge in [-0.1, -0.05) is 0 Å². The van der Waals surface area contributed by atoms with Crippen LogP contribution in [-0.2, 0) is 0 Å². The summed E-state index contributed by atoms with van der Waals surface area (Å²) < 4.78 is 34.9. The number of alkyl halides is 4. The van der Waals surface area contributed by atoms with Gasteiger partial charge in [0.15, 0.2) is 0 Å². The molecule has 1 unspecified atom stereocenters. The van der Waals surface area contributed by atoms with Crippen LogP contribution in [0.15, 0.2) is 0 Å². The van der Waals surface area contributed by atoms with Crippen molar-refractivity contribution in [1.29, 1.82) is 0 Å². The van der Waals surface area contributed by atoms with Crippen molar-refractivity contribution in [3.63, 3.8) is 0 Å². The largest absolute Gasteiger partial charge is 0.390 e. The molecule has 13 heavy (non-hydrogen) atoms. The van der Waals surface area contributed by atoms with Crippen molar-refractivity contribution in [2.24, 2.45) is 0 Å². The van der Waals surface area contributed by atoms with Crippen molar-refractivity contribution in [3.05, 3.63) is 0 Å². The summed E-state index contributed by atoms with van der Waals surface area (Å²) in [6, 6.07) is 0. The van der Waals surface area contributed by atoms with Crippen LogP contribution in [0.2, 0.25) is 0 Å². The second-order valence-electron chi connectivity index (χ2n) is 3.04. The highest BCUT2D eigenvalue weighted by Crippen LogP contribution is 2.18. The lowest BCUT2D eigenvalue weighted by molar-refractivity contribution is -0.133. The van der Waals surface area contributed by atoms with E-state index in [0.29, 0.717) is 6.54 Å². The maximum atomic E-state index is 11.6. The van der Waals surface area contributed by atoms with Crippen LogP contribution in [0.1, 0.15) is 26.2 Å². The first-order valence-corrected chi connectivity index (χ1v) is 4.77. The second-order valence-corrected chi connectivity index (χ2v) is 3.78. The molecule has 1 N–H and O–H groups in total. The minimum atomic E-state index is -4.05. The smallest absolute Gasteiger partial charge is 0.316 e. The third kappa shape index (κ3) is 12.0. The zero-order chi connectivity index (χ0) is 10.3. The lowest BCUT2D eigenvalue weighted by Gasteiger charge is -2.07. The van der Waals surface area contributed by atoms with Crippen LogP contribution in [0.3, 0.4) is 0 Å². The summed E-state index contributed by atoms with van der Waals surface area (Å²) in [5, 5.41) is 2.82. The van der Waals surface area contributed by atoms with E-state index in [1.54, 1.807) is 0 Å². The molecule has 5 heteroatoms. The maximum absolute atomic E-state index is 11.6. The van der Waals surface area contributed by atoms with Gasteiger partial charge in [-0.25, -0.2) is 0 Å². The van der Waals surface area contributed by atoms with Crippen molar-refractivity contribution in [3.8, 4) is 0 Å². The van der Waals surface area contributed by atoms with Crippen LogP contribution < -0.4 is 5.32 Å². The van der Waals surface area contributed by atoms with Gasteiger partial charge in [0, 0.05) is 11.9 Å². The molecule has 0 aromatic carbocycles. The van der Waals surface area contributed by atoms with E-state index < -0.39 is 12.6 Å². The molecule has 0 spiro atoms. The Morgan fingerprint density at radius 3 is 2.38 bits per heavy atom. The molecule has 0 fully saturated rings. The lowest BCUT2D eigenvalue weighted by atomic mass is 10.2. The first kappa shape index (κ1) is 13.0. The van der Waals surface area contributed by atoms with Crippen molar-refractivity contribution < 1.29 is 13.2 Å². The van der Waals surface area contributed by atoms with Gasteiger partial charge in [0.2, 0.25) is 0 Å². The minimum Gasteiger partial charge on any atom is -0.316 e. The molecule has 0 aromatic rings. The van der Waals surface area contributed by atoms with Gasteiger partial charge in [-0.15, -0.1) is 11.6 Å². The molecule has 1 atom stereocenters. The van der Waals surface area contributed by atoms with Gasteiger partial charge < -0.3 is 5.32 Å². The number of hydrogen-bond acceptors (Lipinski definition) is 1.